The van der Waals surface area contributed by atoms with Crippen molar-refractivity contribution < 1.29 is 0 Å². The van der Waals surface area contributed by atoms with Gasteiger partial charge in [0.1, 0.15) is 0 Å². The first-order chi connectivity index (χ1) is 7.03. The van der Waals surface area contributed by atoms with Crippen molar-refractivity contribution in [2.75, 3.05) is 6.54 Å². The van der Waals surface area contributed by atoms with Gasteiger partial charge in [-0.1, -0.05) is 41.9 Å². The van der Waals surface area contributed by atoms with E-state index in [1.807, 2.05) is 0 Å². The average molecular weight is 268 g/mol. The lowest BCUT2D eigenvalue weighted by Crippen LogP contribution is -2.29. The molecule has 2 rings (SSSR count). The molecule has 0 heterocycles. The number of hydrogen-bond donors (Lipinski definition) is 1. The van der Waals surface area contributed by atoms with Crippen LogP contribution >= 0.6 is 15.9 Å². The van der Waals surface area contributed by atoms with Crippen molar-refractivity contribution in [3.63, 3.8) is 0 Å². The number of benzene rings is 1. The Hall–Kier alpha value is -0.340. The van der Waals surface area contributed by atoms with Crippen molar-refractivity contribution in [2.24, 2.45) is 11.1 Å². The predicted octanol–water partition coefficient (Wildman–Crippen LogP) is 3.46. The third-order valence-electron chi connectivity index (χ3n) is 3.33. The number of rotatable bonds is 1. The van der Waals surface area contributed by atoms with E-state index in [1.54, 1.807) is 0 Å². The second-order valence-corrected chi connectivity index (χ2v) is 6.14. The van der Waals surface area contributed by atoms with Crippen LogP contribution in [0.25, 0.3) is 0 Å². The molecule has 0 bridgehead atoms. The van der Waals surface area contributed by atoms with Gasteiger partial charge in [0.15, 0.2) is 0 Å². The Kier molecular flexibility index (Phi) is 2.91. The van der Waals surface area contributed by atoms with Crippen LogP contribution in [0, 0.1) is 5.41 Å². The van der Waals surface area contributed by atoms with E-state index in [1.165, 1.54) is 22.0 Å². The topological polar surface area (TPSA) is 26.0 Å². The summed E-state index contributed by atoms with van der Waals surface area (Å²) in [7, 11) is 0. The Labute approximate surface area is 100 Å². The van der Waals surface area contributed by atoms with Gasteiger partial charge in [0.25, 0.3) is 0 Å². The first-order valence-corrected chi connectivity index (χ1v) is 6.30. The molecule has 0 saturated carbocycles. The van der Waals surface area contributed by atoms with Crippen molar-refractivity contribution in [3.05, 3.63) is 33.8 Å². The molecular weight excluding hydrogens is 250 g/mol. The van der Waals surface area contributed by atoms with Crippen LogP contribution in [0.5, 0.6) is 0 Å². The highest BCUT2D eigenvalue weighted by atomic mass is 79.9. The molecule has 0 saturated heterocycles. The maximum Gasteiger partial charge on any atom is 0.0210 e. The first-order valence-electron chi connectivity index (χ1n) is 5.51. The van der Waals surface area contributed by atoms with Gasteiger partial charge in [-0.2, -0.15) is 0 Å². The maximum absolute atomic E-state index is 5.87. The minimum atomic E-state index is 0.376. The van der Waals surface area contributed by atoms with Gasteiger partial charge in [-0.3, -0.25) is 0 Å². The van der Waals surface area contributed by atoms with Crippen LogP contribution in [0.15, 0.2) is 22.7 Å². The van der Waals surface area contributed by atoms with E-state index in [0.717, 1.165) is 13.0 Å². The van der Waals surface area contributed by atoms with E-state index >= 15 is 0 Å². The fourth-order valence-electron chi connectivity index (χ4n) is 2.68. The van der Waals surface area contributed by atoms with E-state index in [9.17, 15) is 0 Å². The van der Waals surface area contributed by atoms with E-state index < -0.39 is 0 Å². The average Bonchev–Trinajstić information content (AvgIpc) is 2.17. The summed E-state index contributed by atoms with van der Waals surface area (Å²) in [5.41, 5.74) is 9.16. The molecule has 0 spiro atoms. The van der Waals surface area contributed by atoms with Gasteiger partial charge in [-0.15, -0.1) is 0 Å². The van der Waals surface area contributed by atoms with Crippen LogP contribution in [-0.4, -0.2) is 6.54 Å². The molecule has 15 heavy (non-hydrogen) atoms. The summed E-state index contributed by atoms with van der Waals surface area (Å²) in [6.07, 6.45) is 2.35. The van der Waals surface area contributed by atoms with Gasteiger partial charge < -0.3 is 5.73 Å². The highest BCUT2D eigenvalue weighted by molar-refractivity contribution is 9.10. The molecule has 1 nitrogen and oxygen atoms in total. The van der Waals surface area contributed by atoms with Crippen LogP contribution in [0.4, 0.5) is 0 Å². The molecular formula is C13H18BrN. The normalized spacial score (nSPS) is 23.6. The molecule has 1 aliphatic carbocycles. The quantitative estimate of drug-likeness (QED) is 0.829. The molecule has 1 unspecified atom stereocenters. The zero-order valence-electron chi connectivity index (χ0n) is 9.39. The van der Waals surface area contributed by atoms with E-state index in [2.05, 4.69) is 48.0 Å². The minimum absolute atomic E-state index is 0.376. The summed E-state index contributed by atoms with van der Waals surface area (Å²) in [4.78, 5) is 0. The summed E-state index contributed by atoms with van der Waals surface area (Å²) in [6, 6.07) is 6.48. The zero-order chi connectivity index (χ0) is 11.1. The fraction of sp³-hybridized carbons (Fsp3) is 0.538. The lowest BCUT2D eigenvalue weighted by Gasteiger charge is -2.37. The van der Waals surface area contributed by atoms with Crippen LogP contribution < -0.4 is 5.73 Å². The first kappa shape index (κ1) is 11.2. The maximum atomic E-state index is 5.87. The Balaban J connectivity index is 2.49. The van der Waals surface area contributed by atoms with Crippen molar-refractivity contribution in [1.29, 1.82) is 0 Å². The smallest absolute Gasteiger partial charge is 0.0210 e. The van der Waals surface area contributed by atoms with Crippen molar-refractivity contribution in [2.45, 2.75) is 32.6 Å². The molecule has 2 N–H and O–H groups in total. The molecule has 1 aromatic rings. The SMILES string of the molecule is CC1(C)Cc2c(Br)cccc2C(CN)C1. The van der Waals surface area contributed by atoms with Gasteiger partial charge in [-0.05, 0) is 47.9 Å². The minimum Gasteiger partial charge on any atom is -0.330 e. The highest BCUT2D eigenvalue weighted by Crippen LogP contribution is 2.43. The van der Waals surface area contributed by atoms with Gasteiger partial charge in [0, 0.05) is 4.47 Å². The molecule has 0 fully saturated rings. The summed E-state index contributed by atoms with van der Waals surface area (Å²) in [6.45, 7) is 5.42. The second-order valence-electron chi connectivity index (χ2n) is 5.29. The molecule has 0 amide bonds. The lowest BCUT2D eigenvalue weighted by atomic mass is 9.69. The predicted molar refractivity (Wildman–Crippen MR) is 68.0 cm³/mol. The van der Waals surface area contributed by atoms with Crippen molar-refractivity contribution in [1.82, 2.24) is 0 Å². The summed E-state index contributed by atoms with van der Waals surface area (Å²) < 4.78 is 1.24. The second kappa shape index (κ2) is 3.91. The Morgan fingerprint density at radius 2 is 2.20 bits per heavy atom. The highest BCUT2D eigenvalue weighted by Gasteiger charge is 2.32. The van der Waals surface area contributed by atoms with Crippen LogP contribution in [0.3, 0.4) is 0 Å². The molecule has 0 aliphatic heterocycles. The largest absolute Gasteiger partial charge is 0.330 e. The Bertz CT molecular complexity index is 371. The monoisotopic (exact) mass is 267 g/mol. The molecule has 82 valence electrons. The third-order valence-corrected chi connectivity index (χ3v) is 4.08. The zero-order valence-corrected chi connectivity index (χ0v) is 11.0. The van der Waals surface area contributed by atoms with Crippen molar-refractivity contribution in [3.8, 4) is 0 Å². The van der Waals surface area contributed by atoms with Crippen LogP contribution in [-0.2, 0) is 6.42 Å². The van der Waals surface area contributed by atoms with Gasteiger partial charge >= 0.3 is 0 Å². The Morgan fingerprint density at radius 3 is 2.87 bits per heavy atom. The van der Waals surface area contributed by atoms with E-state index in [4.69, 9.17) is 5.73 Å². The molecule has 2 heteroatoms. The lowest BCUT2D eigenvalue weighted by molar-refractivity contribution is 0.282. The van der Waals surface area contributed by atoms with Crippen LogP contribution in [0.1, 0.15) is 37.3 Å². The van der Waals surface area contributed by atoms with Crippen LogP contribution in [0.2, 0.25) is 0 Å². The van der Waals surface area contributed by atoms with E-state index in [-0.39, 0.29) is 0 Å². The summed E-state index contributed by atoms with van der Waals surface area (Å²) >= 11 is 3.65. The molecule has 1 aliphatic rings. The van der Waals surface area contributed by atoms with Crippen molar-refractivity contribution >= 4 is 15.9 Å². The molecule has 1 atom stereocenters. The number of hydrogen-bond acceptors (Lipinski definition) is 1. The number of halogens is 1. The number of nitrogens with two attached hydrogens (primary N) is 1. The standard InChI is InChI=1S/C13H18BrN/c1-13(2)6-9(8-15)10-4-3-5-12(14)11(10)7-13/h3-5,9H,6-8,15H2,1-2H3. The molecule has 0 radical (unpaired) electrons. The third kappa shape index (κ3) is 2.11. The fourth-order valence-corrected chi connectivity index (χ4v) is 3.20. The molecule has 1 aromatic carbocycles. The molecule has 0 aromatic heterocycles. The van der Waals surface area contributed by atoms with E-state index in [0.29, 0.717) is 11.3 Å². The Morgan fingerprint density at radius 1 is 1.47 bits per heavy atom. The van der Waals surface area contributed by atoms with Gasteiger partial charge in [0.2, 0.25) is 0 Å². The van der Waals surface area contributed by atoms with Gasteiger partial charge in [0.05, 0.1) is 0 Å². The number of fused-ring (bicyclic) bond motifs is 1. The summed E-state index contributed by atoms with van der Waals surface area (Å²) in [5, 5.41) is 0. The van der Waals surface area contributed by atoms with Gasteiger partial charge in [-0.25, -0.2) is 0 Å². The summed E-state index contributed by atoms with van der Waals surface area (Å²) in [5.74, 6) is 0.529.